The summed E-state index contributed by atoms with van der Waals surface area (Å²) in [5.41, 5.74) is 4.02. The molecule has 3 heterocycles. The van der Waals surface area contributed by atoms with E-state index < -0.39 is 0 Å². The summed E-state index contributed by atoms with van der Waals surface area (Å²) in [5.74, 6) is 0.771. The molecule has 23 heavy (non-hydrogen) atoms. The van der Waals surface area contributed by atoms with Gasteiger partial charge in [0.25, 0.3) is 0 Å². The second-order valence-electron chi connectivity index (χ2n) is 5.95. The third kappa shape index (κ3) is 2.73. The van der Waals surface area contributed by atoms with Crippen LogP contribution >= 0.6 is 0 Å². The van der Waals surface area contributed by atoms with E-state index in [2.05, 4.69) is 27.3 Å². The number of rotatable bonds is 3. The van der Waals surface area contributed by atoms with Crippen molar-refractivity contribution in [2.75, 3.05) is 11.4 Å². The van der Waals surface area contributed by atoms with Gasteiger partial charge in [-0.3, -0.25) is 4.68 Å². The third-order valence-electron chi connectivity index (χ3n) is 4.13. The molecule has 1 unspecified atom stereocenters. The fourth-order valence-electron chi connectivity index (χ4n) is 3.08. The van der Waals surface area contributed by atoms with Crippen LogP contribution in [-0.2, 0) is 20.0 Å². The highest BCUT2D eigenvalue weighted by Crippen LogP contribution is 2.29. The monoisotopic (exact) mass is 310 g/mol. The summed E-state index contributed by atoms with van der Waals surface area (Å²) in [5, 5.41) is 18.4. The summed E-state index contributed by atoms with van der Waals surface area (Å²) in [6, 6.07) is 10.1. The van der Waals surface area contributed by atoms with E-state index in [-0.39, 0.29) is 6.10 Å². The zero-order valence-corrected chi connectivity index (χ0v) is 12.9. The molecule has 0 bridgehead atoms. The van der Waals surface area contributed by atoms with E-state index in [1.807, 2.05) is 31.4 Å². The quantitative estimate of drug-likeness (QED) is 0.801. The number of β-amino-alcohol motifs (C(OH)–C–C–N with tert-alkyl or cyclic N) is 1. The summed E-state index contributed by atoms with van der Waals surface area (Å²) < 4.78 is 7.21. The maximum Gasteiger partial charge on any atom is 0.156 e. The molecule has 0 aliphatic carbocycles. The highest BCUT2D eigenvalue weighted by Gasteiger charge is 2.23. The van der Waals surface area contributed by atoms with Gasteiger partial charge in [0.05, 0.1) is 18.8 Å². The highest BCUT2D eigenvalue weighted by atomic mass is 16.5. The number of para-hydroxylation sites is 1. The van der Waals surface area contributed by atoms with E-state index in [1.54, 1.807) is 10.9 Å². The van der Waals surface area contributed by atoms with E-state index in [0.717, 1.165) is 22.7 Å². The number of aliphatic hydroxyl groups excluding tert-OH is 1. The third-order valence-corrected chi connectivity index (χ3v) is 4.13. The molecule has 0 saturated carbocycles. The predicted molar refractivity (Wildman–Crippen MR) is 85.9 cm³/mol. The molecule has 6 nitrogen and oxygen atoms in total. The number of anilines is 1. The Morgan fingerprint density at radius 1 is 1.35 bits per heavy atom. The molecule has 0 amide bonds. The van der Waals surface area contributed by atoms with Crippen molar-refractivity contribution in [1.29, 1.82) is 0 Å². The number of nitrogens with zero attached hydrogens (tertiary/aromatic N) is 4. The number of hydrogen-bond acceptors (Lipinski definition) is 5. The Morgan fingerprint density at radius 3 is 3.04 bits per heavy atom. The Bertz CT molecular complexity index is 823. The van der Waals surface area contributed by atoms with Crippen LogP contribution in [0.2, 0.25) is 0 Å². The molecule has 1 N–H and O–H groups in total. The van der Waals surface area contributed by atoms with E-state index >= 15 is 0 Å². The summed E-state index contributed by atoms with van der Waals surface area (Å²) in [6.45, 7) is 1.18. The fraction of sp³-hybridized carbons (Fsp3) is 0.294. The van der Waals surface area contributed by atoms with Gasteiger partial charge in [0, 0.05) is 43.5 Å². The molecule has 0 fully saturated rings. The second-order valence-corrected chi connectivity index (χ2v) is 5.95. The van der Waals surface area contributed by atoms with E-state index in [1.165, 1.54) is 5.56 Å². The van der Waals surface area contributed by atoms with Crippen molar-refractivity contribution in [1.82, 2.24) is 14.9 Å². The van der Waals surface area contributed by atoms with Crippen LogP contribution in [0.15, 0.2) is 47.2 Å². The topological polar surface area (TPSA) is 67.3 Å². The van der Waals surface area contributed by atoms with E-state index in [9.17, 15) is 5.11 Å². The van der Waals surface area contributed by atoms with Crippen molar-refractivity contribution in [2.24, 2.45) is 7.05 Å². The number of aliphatic hydroxyl groups is 1. The average molecular weight is 310 g/mol. The molecule has 1 aromatic carbocycles. The van der Waals surface area contributed by atoms with Crippen LogP contribution in [0.25, 0.3) is 11.3 Å². The van der Waals surface area contributed by atoms with Gasteiger partial charge in [-0.1, -0.05) is 23.4 Å². The molecule has 0 radical (unpaired) electrons. The van der Waals surface area contributed by atoms with Gasteiger partial charge in [0.2, 0.25) is 0 Å². The molecular formula is C17H18N4O2. The van der Waals surface area contributed by atoms with Crippen LogP contribution in [0.3, 0.4) is 0 Å². The largest absolute Gasteiger partial charge is 0.391 e. The minimum absolute atomic E-state index is 0.356. The van der Waals surface area contributed by atoms with Crippen molar-refractivity contribution in [3.05, 3.63) is 54.0 Å². The molecular weight excluding hydrogens is 292 g/mol. The smallest absolute Gasteiger partial charge is 0.156 e. The SMILES string of the molecule is Cn1cc(-c2cc(CN3CC(O)Cc4ccccc43)on2)cn1. The van der Waals surface area contributed by atoms with Crippen molar-refractivity contribution >= 4 is 5.69 Å². The number of benzene rings is 1. The molecule has 118 valence electrons. The Morgan fingerprint density at radius 2 is 2.22 bits per heavy atom. The number of aromatic nitrogens is 3. The Kier molecular flexibility index (Phi) is 3.38. The lowest BCUT2D eigenvalue weighted by Gasteiger charge is -2.33. The van der Waals surface area contributed by atoms with Crippen molar-refractivity contribution in [2.45, 2.75) is 19.1 Å². The van der Waals surface area contributed by atoms with Gasteiger partial charge in [-0.15, -0.1) is 0 Å². The minimum Gasteiger partial charge on any atom is -0.391 e. The highest BCUT2D eigenvalue weighted by molar-refractivity contribution is 5.58. The molecule has 1 aliphatic heterocycles. The summed E-state index contributed by atoms with van der Waals surface area (Å²) in [7, 11) is 1.87. The van der Waals surface area contributed by atoms with E-state index in [0.29, 0.717) is 19.5 Å². The van der Waals surface area contributed by atoms with Crippen molar-refractivity contribution in [3.63, 3.8) is 0 Å². The number of aryl methyl sites for hydroxylation is 1. The Labute approximate surface area is 133 Å². The molecule has 1 aliphatic rings. The van der Waals surface area contributed by atoms with Crippen molar-refractivity contribution in [3.8, 4) is 11.3 Å². The first-order chi connectivity index (χ1) is 11.2. The Hall–Kier alpha value is -2.60. The van der Waals surface area contributed by atoms with Gasteiger partial charge in [-0.2, -0.15) is 5.10 Å². The molecule has 0 saturated heterocycles. The number of hydrogen-bond donors (Lipinski definition) is 1. The lowest BCUT2D eigenvalue weighted by atomic mass is 9.99. The minimum atomic E-state index is -0.356. The lowest BCUT2D eigenvalue weighted by molar-refractivity contribution is 0.173. The molecule has 1 atom stereocenters. The van der Waals surface area contributed by atoms with Gasteiger partial charge in [0.1, 0.15) is 5.69 Å². The first-order valence-electron chi connectivity index (χ1n) is 7.64. The van der Waals surface area contributed by atoms with Gasteiger partial charge < -0.3 is 14.5 Å². The summed E-state index contributed by atoms with van der Waals surface area (Å²) in [4.78, 5) is 2.14. The first kappa shape index (κ1) is 14.0. The predicted octanol–water partition coefficient (Wildman–Crippen LogP) is 2.00. The maximum absolute atomic E-state index is 10.1. The van der Waals surface area contributed by atoms with Crippen LogP contribution < -0.4 is 4.90 Å². The molecule has 4 rings (SSSR count). The first-order valence-corrected chi connectivity index (χ1v) is 7.64. The normalized spacial score (nSPS) is 17.3. The standard InChI is InChI=1S/C17H18N4O2/c1-20-9-13(8-18-20)16-7-15(23-19-16)11-21-10-14(22)6-12-4-2-3-5-17(12)21/h2-5,7-9,14,22H,6,10-11H2,1H3. The molecule has 0 spiro atoms. The van der Waals surface area contributed by atoms with Crippen LogP contribution in [0.4, 0.5) is 5.69 Å². The van der Waals surface area contributed by atoms with Crippen LogP contribution in [0.1, 0.15) is 11.3 Å². The maximum atomic E-state index is 10.1. The van der Waals surface area contributed by atoms with Gasteiger partial charge in [-0.25, -0.2) is 0 Å². The van der Waals surface area contributed by atoms with Crippen LogP contribution in [-0.4, -0.2) is 32.7 Å². The molecule has 2 aromatic heterocycles. The van der Waals surface area contributed by atoms with Crippen molar-refractivity contribution < 1.29 is 9.63 Å². The van der Waals surface area contributed by atoms with Gasteiger partial charge >= 0.3 is 0 Å². The number of fused-ring (bicyclic) bond motifs is 1. The molecule has 3 aromatic rings. The fourth-order valence-corrected chi connectivity index (χ4v) is 3.08. The summed E-state index contributed by atoms with van der Waals surface area (Å²) >= 11 is 0. The average Bonchev–Trinajstić information content (AvgIpc) is 3.16. The van der Waals surface area contributed by atoms with Gasteiger partial charge in [0.15, 0.2) is 5.76 Å². The Balaban J connectivity index is 1.58. The van der Waals surface area contributed by atoms with Crippen LogP contribution in [0.5, 0.6) is 0 Å². The zero-order chi connectivity index (χ0) is 15.8. The lowest BCUT2D eigenvalue weighted by Crippen LogP contribution is -2.37. The zero-order valence-electron chi connectivity index (χ0n) is 12.9. The molecule has 6 heteroatoms. The summed E-state index contributed by atoms with van der Waals surface area (Å²) in [6.07, 6.45) is 4.01. The van der Waals surface area contributed by atoms with E-state index in [4.69, 9.17) is 4.52 Å². The van der Waals surface area contributed by atoms with Crippen LogP contribution in [0, 0.1) is 0 Å². The van der Waals surface area contributed by atoms with Gasteiger partial charge in [-0.05, 0) is 11.6 Å². The second kappa shape index (κ2) is 5.55.